The van der Waals surface area contributed by atoms with Crippen LogP contribution >= 0.6 is 11.3 Å². The molecule has 0 fully saturated rings. The van der Waals surface area contributed by atoms with Gasteiger partial charge in [-0.05, 0) is 63.6 Å². The lowest BCUT2D eigenvalue weighted by atomic mass is 10.1. The molecule has 0 unspecified atom stereocenters. The molecule has 1 aliphatic rings. The Morgan fingerprint density at radius 2 is 1.78 bits per heavy atom. The zero-order valence-electron chi connectivity index (χ0n) is 20.8. The van der Waals surface area contributed by atoms with Gasteiger partial charge in [0.05, 0.1) is 12.0 Å². The summed E-state index contributed by atoms with van der Waals surface area (Å²) in [5.41, 5.74) is 2.48. The van der Waals surface area contributed by atoms with Crippen LogP contribution in [0.2, 0.25) is 0 Å². The zero-order chi connectivity index (χ0) is 27.2. The number of carbonyl (C=O) groups is 2. The number of rotatable bonds is 5. The van der Waals surface area contributed by atoms with E-state index >= 15 is 0 Å². The second-order valence-corrected chi connectivity index (χ2v) is 10.2. The van der Waals surface area contributed by atoms with Crippen molar-refractivity contribution in [2.45, 2.75) is 45.9 Å². The second kappa shape index (κ2) is 11.6. The fourth-order valence-electron chi connectivity index (χ4n) is 3.16. The van der Waals surface area contributed by atoms with Gasteiger partial charge in [-0.25, -0.2) is 4.79 Å². The molecule has 0 spiro atoms. The van der Waals surface area contributed by atoms with E-state index in [4.69, 9.17) is 4.74 Å². The van der Waals surface area contributed by atoms with E-state index in [1.54, 1.807) is 6.92 Å². The average molecular weight is 536 g/mol. The van der Waals surface area contributed by atoms with Gasteiger partial charge in [-0.15, -0.1) is 10.2 Å². The highest BCUT2D eigenvalue weighted by atomic mass is 32.1. The maximum Gasteiger partial charge on any atom is 0.416 e. The lowest BCUT2D eigenvalue weighted by Crippen LogP contribution is -2.34. The summed E-state index contributed by atoms with van der Waals surface area (Å²) in [6.45, 7) is 8.13. The summed E-state index contributed by atoms with van der Waals surface area (Å²) in [5, 5.41) is 18.3. The fourth-order valence-corrected chi connectivity index (χ4v) is 3.93. The highest BCUT2D eigenvalue weighted by Crippen LogP contribution is 2.32. The third kappa shape index (κ3) is 8.74. The van der Waals surface area contributed by atoms with Gasteiger partial charge in [0.25, 0.3) is 0 Å². The highest BCUT2D eigenvalue weighted by Gasteiger charge is 2.29. The first-order valence-electron chi connectivity index (χ1n) is 11.4. The Morgan fingerprint density at radius 1 is 1.08 bits per heavy atom. The molecule has 8 nitrogen and oxygen atoms in total. The summed E-state index contributed by atoms with van der Waals surface area (Å²) in [6, 6.07) is 10.8. The number of hydrogen-bond acceptors (Lipinski definition) is 7. The van der Waals surface area contributed by atoms with Crippen molar-refractivity contribution in [2.75, 3.05) is 23.7 Å². The van der Waals surface area contributed by atoms with Crippen molar-refractivity contribution in [1.29, 1.82) is 0 Å². The SMILES string of the molecule is CC(C)(C)OC(=O)NCCNc1nnc(-c2ccc3c(c2)CC(=O)N3)s1.Cc1ccc(C(F)(F)F)cc1. The Kier molecular flexibility index (Phi) is 8.74. The molecule has 0 saturated heterocycles. The molecule has 0 bridgehead atoms. The molecule has 0 saturated carbocycles. The summed E-state index contributed by atoms with van der Waals surface area (Å²) in [5.74, 6) is 0.00857. The molecule has 1 aromatic heterocycles. The number of nitrogens with zero attached hydrogens (tertiary/aromatic N) is 2. The maximum absolute atomic E-state index is 11.9. The van der Waals surface area contributed by atoms with Gasteiger partial charge in [0.15, 0.2) is 0 Å². The van der Waals surface area contributed by atoms with Crippen LogP contribution in [0.3, 0.4) is 0 Å². The Hall–Kier alpha value is -3.67. The monoisotopic (exact) mass is 535 g/mol. The van der Waals surface area contributed by atoms with Crippen molar-refractivity contribution in [3.63, 3.8) is 0 Å². The number of alkyl carbamates (subject to hydrolysis) is 1. The molecule has 37 heavy (non-hydrogen) atoms. The van der Waals surface area contributed by atoms with Crippen LogP contribution < -0.4 is 16.0 Å². The fraction of sp³-hybridized carbons (Fsp3) is 0.360. The van der Waals surface area contributed by atoms with Crippen molar-refractivity contribution in [3.05, 3.63) is 59.2 Å². The van der Waals surface area contributed by atoms with Gasteiger partial charge in [0, 0.05) is 24.3 Å². The van der Waals surface area contributed by atoms with Crippen molar-refractivity contribution in [2.24, 2.45) is 0 Å². The Morgan fingerprint density at radius 3 is 2.43 bits per heavy atom. The molecule has 4 rings (SSSR count). The van der Waals surface area contributed by atoms with Gasteiger partial charge in [0.2, 0.25) is 11.0 Å². The minimum atomic E-state index is -4.21. The molecule has 12 heteroatoms. The lowest BCUT2D eigenvalue weighted by molar-refractivity contribution is -0.137. The molecule has 0 atom stereocenters. The predicted octanol–water partition coefficient (Wildman–Crippen LogP) is 5.65. The number of amides is 2. The molecule has 0 radical (unpaired) electrons. The topological polar surface area (TPSA) is 105 Å². The second-order valence-electron chi connectivity index (χ2n) is 9.23. The van der Waals surface area contributed by atoms with Crippen molar-refractivity contribution in [1.82, 2.24) is 15.5 Å². The first-order chi connectivity index (χ1) is 17.3. The van der Waals surface area contributed by atoms with Gasteiger partial charge in [-0.2, -0.15) is 13.2 Å². The van der Waals surface area contributed by atoms with Crippen LogP contribution in [0.5, 0.6) is 0 Å². The van der Waals surface area contributed by atoms with Crippen molar-refractivity contribution in [3.8, 4) is 10.6 Å². The summed E-state index contributed by atoms with van der Waals surface area (Å²) in [4.78, 5) is 23.0. The molecule has 3 aromatic rings. The highest BCUT2D eigenvalue weighted by molar-refractivity contribution is 7.18. The van der Waals surface area contributed by atoms with E-state index in [-0.39, 0.29) is 5.91 Å². The predicted molar refractivity (Wildman–Crippen MR) is 137 cm³/mol. The van der Waals surface area contributed by atoms with Crippen LogP contribution in [0.4, 0.5) is 28.8 Å². The van der Waals surface area contributed by atoms with Crippen molar-refractivity contribution < 1.29 is 27.5 Å². The number of alkyl halides is 3. The largest absolute Gasteiger partial charge is 0.444 e. The number of benzene rings is 2. The molecule has 198 valence electrons. The Labute approximate surface area is 216 Å². The minimum absolute atomic E-state index is 0.00857. The number of hydrogen-bond donors (Lipinski definition) is 3. The first-order valence-corrected chi connectivity index (χ1v) is 12.2. The van der Waals surface area contributed by atoms with Gasteiger partial charge < -0.3 is 20.7 Å². The standard InChI is InChI=1S/C17H21N5O3S.C8H7F3/c1-17(2,3)25-16(24)19-7-6-18-15-22-21-14(26-15)10-4-5-12-11(8-10)9-13(23)20-12;1-6-2-4-7(5-3-6)8(9,10)11/h4-5,8H,6-7,9H2,1-3H3,(H,18,22)(H,19,24)(H,20,23);2-5H,1H3. The van der Waals surface area contributed by atoms with Gasteiger partial charge in [-0.1, -0.05) is 29.0 Å². The molecular weight excluding hydrogens is 507 g/mol. The number of carbonyl (C=O) groups excluding carboxylic acids is 2. The smallest absolute Gasteiger partial charge is 0.416 e. The molecule has 0 aliphatic carbocycles. The molecule has 2 heterocycles. The number of ether oxygens (including phenoxy) is 1. The quantitative estimate of drug-likeness (QED) is 0.365. The number of anilines is 2. The molecule has 1 aliphatic heterocycles. The number of aryl methyl sites for hydroxylation is 1. The number of halogens is 3. The van der Waals surface area contributed by atoms with Crippen LogP contribution in [0.25, 0.3) is 10.6 Å². The van der Waals surface area contributed by atoms with Crippen LogP contribution in [0.15, 0.2) is 42.5 Å². The van der Waals surface area contributed by atoms with E-state index in [0.29, 0.717) is 24.6 Å². The number of aromatic nitrogens is 2. The van der Waals surface area contributed by atoms with Crippen LogP contribution in [-0.4, -0.2) is 40.9 Å². The molecular formula is C25H28F3N5O3S. The van der Waals surface area contributed by atoms with E-state index in [9.17, 15) is 22.8 Å². The molecule has 2 aromatic carbocycles. The van der Waals surface area contributed by atoms with Crippen LogP contribution in [-0.2, 0) is 22.1 Å². The average Bonchev–Trinajstić information content (AvgIpc) is 3.40. The van der Waals surface area contributed by atoms with Crippen LogP contribution in [0.1, 0.15) is 37.5 Å². The molecule has 3 N–H and O–H groups in total. The Bertz CT molecular complexity index is 1240. The van der Waals surface area contributed by atoms with Gasteiger partial charge in [0.1, 0.15) is 10.6 Å². The van der Waals surface area contributed by atoms with Gasteiger partial charge >= 0.3 is 12.3 Å². The first kappa shape index (κ1) is 27.9. The summed E-state index contributed by atoms with van der Waals surface area (Å²) >= 11 is 1.42. The lowest BCUT2D eigenvalue weighted by Gasteiger charge is -2.19. The van der Waals surface area contributed by atoms with Crippen LogP contribution in [0, 0.1) is 6.92 Å². The third-order valence-corrected chi connectivity index (χ3v) is 5.78. The summed E-state index contributed by atoms with van der Waals surface area (Å²) in [6.07, 6.45) is -4.27. The molecule has 2 amide bonds. The summed E-state index contributed by atoms with van der Waals surface area (Å²) in [7, 11) is 0. The number of nitrogens with one attached hydrogen (secondary N) is 3. The van der Waals surface area contributed by atoms with E-state index in [1.165, 1.54) is 23.5 Å². The minimum Gasteiger partial charge on any atom is -0.444 e. The maximum atomic E-state index is 11.9. The zero-order valence-corrected chi connectivity index (χ0v) is 21.6. The normalized spacial score (nSPS) is 12.7. The van der Waals surface area contributed by atoms with E-state index in [0.717, 1.165) is 39.5 Å². The third-order valence-electron chi connectivity index (χ3n) is 4.85. The van der Waals surface area contributed by atoms with Gasteiger partial charge in [-0.3, -0.25) is 4.79 Å². The summed E-state index contributed by atoms with van der Waals surface area (Å²) < 4.78 is 40.9. The van der Waals surface area contributed by atoms with E-state index < -0.39 is 23.4 Å². The Balaban J connectivity index is 0.000000289. The van der Waals surface area contributed by atoms with E-state index in [1.807, 2.05) is 39.0 Å². The van der Waals surface area contributed by atoms with E-state index in [2.05, 4.69) is 26.1 Å². The van der Waals surface area contributed by atoms with Crippen molar-refractivity contribution >= 4 is 34.2 Å². The number of fused-ring (bicyclic) bond motifs is 1.